The van der Waals surface area contributed by atoms with Gasteiger partial charge in [-0.05, 0) is 43.4 Å². The maximum atomic E-state index is 13.0. The molecule has 76 valence electrons. The zero-order valence-electron chi connectivity index (χ0n) is 8.02. The van der Waals surface area contributed by atoms with Crippen molar-refractivity contribution in [2.75, 3.05) is 6.61 Å². The van der Waals surface area contributed by atoms with Crippen LogP contribution >= 0.6 is 11.6 Å². The zero-order valence-corrected chi connectivity index (χ0v) is 8.77. The Bertz CT molecular complexity index is 347. The van der Waals surface area contributed by atoms with Crippen LogP contribution in [0, 0.1) is 18.7 Å². The summed E-state index contributed by atoms with van der Waals surface area (Å²) in [6, 6.07) is 2.96. The molecule has 14 heavy (non-hydrogen) atoms. The summed E-state index contributed by atoms with van der Waals surface area (Å²) in [4.78, 5) is 0. The molecule has 0 bridgehead atoms. The highest BCUT2D eigenvalue weighted by Gasteiger charge is 2.22. The second kappa shape index (κ2) is 3.77. The minimum Gasteiger partial charge on any atom is -0.492 e. The van der Waals surface area contributed by atoms with Gasteiger partial charge in [0.1, 0.15) is 11.6 Å². The number of halogens is 2. The molecule has 2 rings (SSSR count). The van der Waals surface area contributed by atoms with E-state index in [1.165, 1.54) is 18.9 Å². The summed E-state index contributed by atoms with van der Waals surface area (Å²) in [7, 11) is 0. The number of benzene rings is 1. The highest BCUT2D eigenvalue weighted by molar-refractivity contribution is 6.32. The van der Waals surface area contributed by atoms with Crippen molar-refractivity contribution < 1.29 is 9.13 Å². The third kappa shape index (κ3) is 2.18. The van der Waals surface area contributed by atoms with E-state index in [1.807, 2.05) is 0 Å². The molecule has 1 aromatic carbocycles. The van der Waals surface area contributed by atoms with Gasteiger partial charge in [-0.25, -0.2) is 4.39 Å². The summed E-state index contributed by atoms with van der Waals surface area (Å²) < 4.78 is 18.5. The Morgan fingerprint density at radius 3 is 2.86 bits per heavy atom. The SMILES string of the molecule is Cc1cc(OCC2CC2)c(Cl)cc1F. The van der Waals surface area contributed by atoms with Crippen molar-refractivity contribution in [3.8, 4) is 5.75 Å². The maximum absolute atomic E-state index is 13.0. The molecular formula is C11H12ClFO. The number of aryl methyl sites for hydroxylation is 1. The van der Waals surface area contributed by atoms with E-state index in [9.17, 15) is 4.39 Å². The fraction of sp³-hybridized carbons (Fsp3) is 0.455. The Kier molecular flexibility index (Phi) is 2.64. The first-order chi connectivity index (χ1) is 6.66. The third-order valence-corrected chi connectivity index (χ3v) is 2.68. The number of rotatable bonds is 3. The van der Waals surface area contributed by atoms with Crippen molar-refractivity contribution in [1.82, 2.24) is 0 Å². The Hall–Kier alpha value is -0.760. The molecule has 0 aliphatic heterocycles. The van der Waals surface area contributed by atoms with Crippen LogP contribution in [0.25, 0.3) is 0 Å². The van der Waals surface area contributed by atoms with Crippen LogP contribution in [0.15, 0.2) is 12.1 Å². The minimum atomic E-state index is -0.284. The number of ether oxygens (including phenoxy) is 1. The molecule has 1 aliphatic rings. The average molecular weight is 215 g/mol. The lowest BCUT2D eigenvalue weighted by atomic mass is 10.2. The summed E-state index contributed by atoms with van der Waals surface area (Å²) in [6.07, 6.45) is 2.47. The normalized spacial score (nSPS) is 15.6. The van der Waals surface area contributed by atoms with E-state index in [1.54, 1.807) is 13.0 Å². The van der Waals surface area contributed by atoms with E-state index in [-0.39, 0.29) is 5.82 Å². The predicted octanol–water partition coefficient (Wildman–Crippen LogP) is 3.58. The fourth-order valence-corrected chi connectivity index (χ4v) is 1.44. The summed E-state index contributed by atoms with van der Waals surface area (Å²) in [5.41, 5.74) is 0.570. The first kappa shape index (κ1) is 9.78. The summed E-state index contributed by atoms with van der Waals surface area (Å²) in [5.74, 6) is 0.989. The quantitative estimate of drug-likeness (QED) is 0.748. The Morgan fingerprint density at radius 2 is 2.21 bits per heavy atom. The molecule has 0 heterocycles. The van der Waals surface area contributed by atoms with Gasteiger partial charge in [-0.15, -0.1) is 0 Å². The van der Waals surface area contributed by atoms with Crippen molar-refractivity contribution >= 4 is 11.6 Å². The van der Waals surface area contributed by atoms with E-state index >= 15 is 0 Å². The van der Waals surface area contributed by atoms with Crippen LogP contribution in [-0.4, -0.2) is 6.61 Å². The molecule has 3 heteroatoms. The van der Waals surface area contributed by atoms with Crippen molar-refractivity contribution in [2.24, 2.45) is 5.92 Å². The summed E-state index contributed by atoms with van der Waals surface area (Å²) in [5, 5.41) is 0.355. The third-order valence-electron chi connectivity index (χ3n) is 2.38. The van der Waals surface area contributed by atoms with Crippen LogP contribution in [-0.2, 0) is 0 Å². The fourth-order valence-electron chi connectivity index (χ4n) is 1.23. The molecule has 0 saturated heterocycles. The molecule has 1 saturated carbocycles. The molecule has 0 spiro atoms. The first-order valence-corrected chi connectivity index (χ1v) is 5.13. The molecular weight excluding hydrogens is 203 g/mol. The Morgan fingerprint density at radius 1 is 1.50 bits per heavy atom. The van der Waals surface area contributed by atoms with Gasteiger partial charge in [-0.3, -0.25) is 0 Å². The summed E-state index contributed by atoms with van der Waals surface area (Å²) >= 11 is 5.84. The van der Waals surface area contributed by atoms with Gasteiger partial charge < -0.3 is 4.74 Å². The van der Waals surface area contributed by atoms with Crippen LogP contribution < -0.4 is 4.74 Å². The first-order valence-electron chi connectivity index (χ1n) is 4.75. The second-order valence-corrected chi connectivity index (χ2v) is 4.19. The lowest BCUT2D eigenvalue weighted by Gasteiger charge is -2.08. The van der Waals surface area contributed by atoms with E-state index in [0.717, 1.165) is 0 Å². The van der Waals surface area contributed by atoms with E-state index < -0.39 is 0 Å². The molecule has 0 radical (unpaired) electrons. The minimum absolute atomic E-state index is 0.284. The number of hydrogen-bond donors (Lipinski definition) is 0. The van der Waals surface area contributed by atoms with Gasteiger partial charge in [0.15, 0.2) is 0 Å². The average Bonchev–Trinajstić information content (AvgIpc) is 2.92. The van der Waals surface area contributed by atoms with E-state index in [2.05, 4.69) is 0 Å². The van der Waals surface area contributed by atoms with Gasteiger partial charge in [0.2, 0.25) is 0 Å². The van der Waals surface area contributed by atoms with Crippen molar-refractivity contribution in [2.45, 2.75) is 19.8 Å². The predicted molar refractivity (Wildman–Crippen MR) is 54.4 cm³/mol. The molecule has 0 atom stereocenters. The number of hydrogen-bond acceptors (Lipinski definition) is 1. The Labute approximate surface area is 87.8 Å². The molecule has 0 N–H and O–H groups in total. The van der Waals surface area contributed by atoms with Crippen LogP contribution in [0.3, 0.4) is 0 Å². The maximum Gasteiger partial charge on any atom is 0.138 e. The zero-order chi connectivity index (χ0) is 10.1. The van der Waals surface area contributed by atoms with Crippen molar-refractivity contribution in [3.63, 3.8) is 0 Å². The van der Waals surface area contributed by atoms with Gasteiger partial charge in [-0.1, -0.05) is 11.6 Å². The highest BCUT2D eigenvalue weighted by Crippen LogP contribution is 2.32. The standard InChI is InChI=1S/C11H12ClFO/c1-7-4-11(9(12)5-10(7)13)14-6-8-2-3-8/h4-5,8H,2-3,6H2,1H3. The lowest BCUT2D eigenvalue weighted by molar-refractivity contribution is 0.299. The molecule has 0 amide bonds. The molecule has 0 aromatic heterocycles. The van der Waals surface area contributed by atoms with Crippen molar-refractivity contribution in [1.29, 1.82) is 0 Å². The topological polar surface area (TPSA) is 9.23 Å². The van der Waals surface area contributed by atoms with Gasteiger partial charge in [0.25, 0.3) is 0 Å². The molecule has 1 aromatic rings. The second-order valence-electron chi connectivity index (χ2n) is 3.79. The van der Waals surface area contributed by atoms with Crippen LogP contribution in [0.1, 0.15) is 18.4 Å². The van der Waals surface area contributed by atoms with Crippen LogP contribution in [0.2, 0.25) is 5.02 Å². The van der Waals surface area contributed by atoms with Gasteiger partial charge in [0, 0.05) is 0 Å². The Balaban J connectivity index is 2.10. The van der Waals surface area contributed by atoms with Crippen LogP contribution in [0.5, 0.6) is 5.75 Å². The van der Waals surface area contributed by atoms with Gasteiger partial charge in [0.05, 0.1) is 11.6 Å². The van der Waals surface area contributed by atoms with E-state index in [4.69, 9.17) is 16.3 Å². The van der Waals surface area contributed by atoms with Gasteiger partial charge >= 0.3 is 0 Å². The lowest BCUT2D eigenvalue weighted by Crippen LogP contribution is -2.00. The van der Waals surface area contributed by atoms with Crippen molar-refractivity contribution in [3.05, 3.63) is 28.5 Å². The molecule has 1 nitrogen and oxygen atoms in total. The van der Waals surface area contributed by atoms with Crippen LogP contribution in [0.4, 0.5) is 4.39 Å². The highest BCUT2D eigenvalue weighted by atomic mass is 35.5. The van der Waals surface area contributed by atoms with Gasteiger partial charge in [-0.2, -0.15) is 0 Å². The summed E-state index contributed by atoms with van der Waals surface area (Å²) in [6.45, 7) is 2.40. The molecule has 1 aliphatic carbocycles. The molecule has 1 fully saturated rings. The molecule has 0 unspecified atom stereocenters. The van der Waals surface area contributed by atoms with E-state index in [0.29, 0.717) is 28.9 Å². The monoisotopic (exact) mass is 214 g/mol. The smallest absolute Gasteiger partial charge is 0.138 e. The largest absolute Gasteiger partial charge is 0.492 e.